The van der Waals surface area contributed by atoms with E-state index >= 15 is 0 Å². The molecule has 23 heavy (non-hydrogen) atoms. The van der Waals surface area contributed by atoms with E-state index in [1.165, 1.54) is 5.56 Å². The SMILES string of the molecule is C#CCn1cc(/C=C(\C#N)c2ccc(C)cc2)c2ccccc21. The van der Waals surface area contributed by atoms with Crippen LogP contribution in [0.2, 0.25) is 0 Å². The molecule has 0 aliphatic carbocycles. The van der Waals surface area contributed by atoms with Gasteiger partial charge >= 0.3 is 0 Å². The van der Waals surface area contributed by atoms with Crippen molar-refractivity contribution < 1.29 is 0 Å². The zero-order chi connectivity index (χ0) is 16.2. The van der Waals surface area contributed by atoms with Crippen LogP contribution < -0.4 is 0 Å². The van der Waals surface area contributed by atoms with Gasteiger partial charge in [-0.3, -0.25) is 0 Å². The third-order valence-electron chi connectivity index (χ3n) is 3.86. The van der Waals surface area contributed by atoms with Crippen molar-refractivity contribution in [2.75, 3.05) is 0 Å². The molecule has 2 aromatic carbocycles. The van der Waals surface area contributed by atoms with Crippen LogP contribution in [0.4, 0.5) is 0 Å². The molecule has 0 N–H and O–H groups in total. The van der Waals surface area contributed by atoms with E-state index in [1.807, 2.05) is 66.2 Å². The van der Waals surface area contributed by atoms with Gasteiger partial charge in [-0.25, -0.2) is 0 Å². The summed E-state index contributed by atoms with van der Waals surface area (Å²) in [5.41, 5.74) is 4.84. The van der Waals surface area contributed by atoms with Crippen molar-refractivity contribution in [3.63, 3.8) is 0 Å². The summed E-state index contributed by atoms with van der Waals surface area (Å²) in [7, 11) is 0. The number of nitriles is 1. The molecular formula is C21H16N2. The van der Waals surface area contributed by atoms with Crippen molar-refractivity contribution in [1.82, 2.24) is 4.57 Å². The van der Waals surface area contributed by atoms with Gasteiger partial charge in [0, 0.05) is 22.7 Å². The van der Waals surface area contributed by atoms with Gasteiger partial charge < -0.3 is 4.57 Å². The van der Waals surface area contributed by atoms with Crippen LogP contribution in [0.1, 0.15) is 16.7 Å². The lowest BCUT2D eigenvalue weighted by atomic mass is 10.0. The Morgan fingerprint density at radius 3 is 2.61 bits per heavy atom. The van der Waals surface area contributed by atoms with Crippen LogP contribution in [0.15, 0.2) is 54.7 Å². The molecule has 0 fully saturated rings. The largest absolute Gasteiger partial charge is 0.335 e. The Kier molecular flexibility index (Phi) is 4.00. The predicted octanol–water partition coefficient (Wildman–Crippen LogP) is 4.65. The normalized spacial score (nSPS) is 11.2. The molecule has 0 aliphatic rings. The highest BCUT2D eigenvalue weighted by atomic mass is 14.9. The molecule has 0 radical (unpaired) electrons. The second kappa shape index (κ2) is 6.26. The number of nitrogens with zero attached hydrogens (tertiary/aromatic N) is 2. The van der Waals surface area contributed by atoms with Gasteiger partial charge in [-0.05, 0) is 24.6 Å². The molecule has 3 rings (SSSR count). The fourth-order valence-corrected chi connectivity index (χ4v) is 2.69. The minimum atomic E-state index is 0.515. The summed E-state index contributed by atoms with van der Waals surface area (Å²) < 4.78 is 2.03. The lowest BCUT2D eigenvalue weighted by Crippen LogP contribution is -1.91. The van der Waals surface area contributed by atoms with Crippen molar-refractivity contribution >= 4 is 22.6 Å². The minimum absolute atomic E-state index is 0.515. The maximum atomic E-state index is 9.53. The number of terminal acetylenes is 1. The summed E-state index contributed by atoms with van der Waals surface area (Å²) in [6.07, 6.45) is 9.40. The van der Waals surface area contributed by atoms with Gasteiger partial charge in [0.05, 0.1) is 18.2 Å². The van der Waals surface area contributed by atoms with Crippen LogP contribution in [-0.2, 0) is 6.54 Å². The molecule has 0 atom stereocenters. The Morgan fingerprint density at radius 2 is 1.91 bits per heavy atom. The van der Waals surface area contributed by atoms with Gasteiger partial charge in [0.15, 0.2) is 0 Å². The molecule has 0 saturated heterocycles. The number of rotatable bonds is 3. The molecule has 0 unspecified atom stereocenters. The molecule has 0 amide bonds. The first-order chi connectivity index (χ1) is 11.2. The molecule has 1 heterocycles. The summed E-state index contributed by atoms with van der Waals surface area (Å²) in [5, 5.41) is 10.6. The Bertz CT molecular complexity index is 958. The Hall–Kier alpha value is -3.23. The molecule has 0 aliphatic heterocycles. The standard InChI is InChI=1S/C21H16N2/c1-3-12-23-15-19(20-6-4-5-7-21(20)23)13-18(14-22)17-10-8-16(2)9-11-17/h1,4-11,13,15H,12H2,2H3/b18-13+. The smallest absolute Gasteiger partial charge is 0.0998 e. The predicted molar refractivity (Wildman–Crippen MR) is 95.4 cm³/mol. The summed E-state index contributed by atoms with van der Waals surface area (Å²) in [6.45, 7) is 2.55. The molecule has 0 bridgehead atoms. The second-order valence-corrected chi connectivity index (χ2v) is 5.47. The van der Waals surface area contributed by atoms with Crippen LogP contribution in [0.25, 0.3) is 22.6 Å². The van der Waals surface area contributed by atoms with Gasteiger partial charge in [-0.15, -0.1) is 6.42 Å². The number of allylic oxidation sites excluding steroid dienone is 1. The lowest BCUT2D eigenvalue weighted by Gasteiger charge is -2.00. The van der Waals surface area contributed by atoms with Gasteiger partial charge in [0.25, 0.3) is 0 Å². The number of hydrogen-bond donors (Lipinski definition) is 0. The van der Waals surface area contributed by atoms with Crippen molar-refractivity contribution in [2.45, 2.75) is 13.5 Å². The van der Waals surface area contributed by atoms with Gasteiger partial charge in [-0.2, -0.15) is 5.26 Å². The first kappa shape index (κ1) is 14.7. The van der Waals surface area contributed by atoms with Crippen LogP contribution in [-0.4, -0.2) is 4.57 Å². The molecule has 0 spiro atoms. The van der Waals surface area contributed by atoms with E-state index in [2.05, 4.69) is 18.1 Å². The van der Waals surface area contributed by atoms with Crippen molar-refractivity contribution in [3.05, 3.63) is 71.4 Å². The third-order valence-corrected chi connectivity index (χ3v) is 3.86. The maximum Gasteiger partial charge on any atom is 0.0998 e. The summed E-state index contributed by atoms with van der Waals surface area (Å²) in [4.78, 5) is 0. The Balaban J connectivity index is 2.14. The van der Waals surface area contributed by atoms with Gasteiger partial charge in [-0.1, -0.05) is 53.9 Å². The fraction of sp³-hybridized carbons (Fsp3) is 0.0952. The number of aromatic nitrogens is 1. The molecule has 2 heteroatoms. The highest BCUT2D eigenvalue weighted by Gasteiger charge is 2.08. The first-order valence-electron chi connectivity index (χ1n) is 7.43. The van der Waals surface area contributed by atoms with E-state index in [-0.39, 0.29) is 0 Å². The number of hydrogen-bond acceptors (Lipinski definition) is 1. The average molecular weight is 296 g/mol. The fourth-order valence-electron chi connectivity index (χ4n) is 2.69. The van der Waals surface area contributed by atoms with Crippen LogP contribution in [0, 0.1) is 30.6 Å². The number of para-hydroxylation sites is 1. The van der Waals surface area contributed by atoms with E-state index in [4.69, 9.17) is 6.42 Å². The quantitative estimate of drug-likeness (QED) is 0.511. The molecule has 2 nitrogen and oxygen atoms in total. The molecular weight excluding hydrogens is 280 g/mol. The van der Waals surface area contributed by atoms with Crippen LogP contribution in [0.3, 0.4) is 0 Å². The summed E-state index contributed by atoms with van der Waals surface area (Å²) in [6, 6.07) is 18.4. The Morgan fingerprint density at radius 1 is 1.17 bits per heavy atom. The number of fused-ring (bicyclic) bond motifs is 1. The highest BCUT2D eigenvalue weighted by Crippen LogP contribution is 2.26. The van der Waals surface area contributed by atoms with Crippen LogP contribution in [0.5, 0.6) is 0 Å². The van der Waals surface area contributed by atoms with E-state index in [9.17, 15) is 5.26 Å². The highest BCUT2D eigenvalue weighted by molar-refractivity contribution is 5.98. The van der Waals surface area contributed by atoms with Gasteiger partial charge in [0.2, 0.25) is 0 Å². The molecule has 0 saturated carbocycles. The second-order valence-electron chi connectivity index (χ2n) is 5.47. The van der Waals surface area contributed by atoms with Crippen LogP contribution >= 0.6 is 0 Å². The van der Waals surface area contributed by atoms with E-state index in [0.717, 1.165) is 22.0 Å². The van der Waals surface area contributed by atoms with E-state index in [1.54, 1.807) is 0 Å². The number of benzene rings is 2. The first-order valence-corrected chi connectivity index (χ1v) is 7.43. The average Bonchev–Trinajstić information content (AvgIpc) is 2.92. The molecule has 1 aromatic heterocycles. The Labute approximate surface area is 136 Å². The van der Waals surface area contributed by atoms with Crippen molar-refractivity contribution in [1.29, 1.82) is 5.26 Å². The minimum Gasteiger partial charge on any atom is -0.335 e. The topological polar surface area (TPSA) is 28.7 Å². The zero-order valence-electron chi connectivity index (χ0n) is 13.0. The number of aryl methyl sites for hydroxylation is 1. The third kappa shape index (κ3) is 2.89. The molecule has 110 valence electrons. The maximum absolute atomic E-state index is 9.53. The molecule has 3 aromatic rings. The van der Waals surface area contributed by atoms with Crippen molar-refractivity contribution in [3.8, 4) is 18.4 Å². The monoisotopic (exact) mass is 296 g/mol. The van der Waals surface area contributed by atoms with Crippen molar-refractivity contribution in [2.24, 2.45) is 0 Å². The summed E-state index contributed by atoms with van der Waals surface area (Å²) >= 11 is 0. The lowest BCUT2D eigenvalue weighted by molar-refractivity contribution is 0.886. The zero-order valence-corrected chi connectivity index (χ0v) is 13.0. The summed E-state index contributed by atoms with van der Waals surface area (Å²) in [5.74, 6) is 2.67. The van der Waals surface area contributed by atoms with E-state index in [0.29, 0.717) is 12.1 Å². The van der Waals surface area contributed by atoms with Gasteiger partial charge in [0.1, 0.15) is 0 Å². The van der Waals surface area contributed by atoms with E-state index < -0.39 is 0 Å².